The summed E-state index contributed by atoms with van der Waals surface area (Å²) in [5, 5.41) is 0.871. The van der Waals surface area contributed by atoms with Crippen LogP contribution >= 0.6 is 0 Å². The van der Waals surface area contributed by atoms with E-state index in [1.807, 2.05) is 20.8 Å². The molecule has 9 heteroatoms. The second-order valence-corrected chi connectivity index (χ2v) is 10.0. The molecule has 1 aromatic rings. The minimum Gasteiger partial charge on any atom is -0.298 e. The van der Waals surface area contributed by atoms with Gasteiger partial charge in [0.25, 0.3) is 6.43 Å². The zero-order chi connectivity index (χ0) is 19.2. The number of hydrogen-bond acceptors (Lipinski definition) is 4. The molecule has 0 saturated carbocycles. The minimum absolute atomic E-state index is 0.0806. The Kier molecular flexibility index (Phi) is 5.32. The predicted octanol–water partition coefficient (Wildman–Crippen LogP) is 3.33. The van der Waals surface area contributed by atoms with E-state index in [2.05, 4.69) is 10.00 Å². The van der Waals surface area contributed by atoms with Crippen LogP contribution in [-0.2, 0) is 16.9 Å². The fourth-order valence-corrected chi connectivity index (χ4v) is 5.14. The fourth-order valence-electron chi connectivity index (χ4n) is 3.34. The Bertz CT molecular complexity index is 715. The summed E-state index contributed by atoms with van der Waals surface area (Å²) >= 11 is 0. The maximum Gasteiger partial charge on any atom is 0.283 e. The Morgan fingerprint density at radius 2 is 1.72 bits per heavy atom. The highest BCUT2D eigenvalue weighted by atomic mass is 32.2. The smallest absolute Gasteiger partial charge is 0.283 e. The van der Waals surface area contributed by atoms with E-state index < -0.39 is 37.8 Å². The van der Waals surface area contributed by atoms with Gasteiger partial charge in [-0.15, -0.1) is 0 Å². The van der Waals surface area contributed by atoms with Crippen LogP contribution in [0, 0.1) is 5.92 Å². The molecule has 5 nitrogen and oxygen atoms in total. The summed E-state index contributed by atoms with van der Waals surface area (Å²) in [4.78, 5) is 1.45. The molecule has 1 aliphatic rings. The third-order valence-electron chi connectivity index (χ3n) is 5.02. The Labute approximate surface area is 147 Å². The highest BCUT2D eigenvalue weighted by molar-refractivity contribution is 7.92. The third-order valence-corrected chi connectivity index (χ3v) is 7.29. The lowest BCUT2D eigenvalue weighted by atomic mass is 9.90. The van der Waals surface area contributed by atoms with Gasteiger partial charge in [-0.2, -0.15) is 5.10 Å². The lowest BCUT2D eigenvalue weighted by molar-refractivity contribution is 0.0518. The number of halogens is 3. The summed E-state index contributed by atoms with van der Waals surface area (Å²) in [5.74, 6) is -0.748. The van der Waals surface area contributed by atoms with Crippen molar-refractivity contribution >= 4 is 9.84 Å². The standard InChI is InChI=1S/C16H26F3N3O2S/c1-15(2,3)22-8-6-11(7-9-22)16(4,19)25(23,24)12-10-21(5)20-13(12)14(17)18/h10-11,14H,6-9H2,1-5H3. The van der Waals surface area contributed by atoms with Crippen LogP contribution in [0.4, 0.5) is 13.2 Å². The number of rotatable bonds is 4. The molecule has 144 valence electrons. The zero-order valence-electron chi connectivity index (χ0n) is 15.3. The van der Waals surface area contributed by atoms with Gasteiger partial charge >= 0.3 is 0 Å². The van der Waals surface area contributed by atoms with Gasteiger partial charge in [0.15, 0.2) is 0 Å². The van der Waals surface area contributed by atoms with Crippen LogP contribution in [0.15, 0.2) is 11.1 Å². The van der Waals surface area contributed by atoms with Crippen LogP contribution < -0.4 is 0 Å². The Morgan fingerprint density at radius 3 is 2.16 bits per heavy atom. The predicted molar refractivity (Wildman–Crippen MR) is 88.9 cm³/mol. The number of likely N-dealkylation sites (tertiary alicyclic amines) is 1. The third kappa shape index (κ3) is 3.72. The van der Waals surface area contributed by atoms with Crippen LogP contribution in [0.3, 0.4) is 0 Å². The number of aromatic nitrogens is 2. The average molecular weight is 381 g/mol. The van der Waals surface area contributed by atoms with Gasteiger partial charge in [0, 0.05) is 24.7 Å². The first-order valence-electron chi connectivity index (χ1n) is 8.28. The van der Waals surface area contributed by atoms with Gasteiger partial charge in [0.1, 0.15) is 10.6 Å². The Morgan fingerprint density at radius 1 is 1.20 bits per heavy atom. The van der Waals surface area contributed by atoms with Crippen LogP contribution in [0.25, 0.3) is 0 Å². The van der Waals surface area contributed by atoms with E-state index in [0.29, 0.717) is 25.9 Å². The van der Waals surface area contributed by atoms with Crippen molar-refractivity contribution in [3.63, 3.8) is 0 Å². The van der Waals surface area contributed by atoms with Crippen molar-refractivity contribution in [2.24, 2.45) is 13.0 Å². The molecule has 0 spiro atoms. The van der Waals surface area contributed by atoms with E-state index in [1.165, 1.54) is 7.05 Å². The van der Waals surface area contributed by atoms with Crippen LogP contribution in [-0.4, -0.2) is 46.7 Å². The molecular formula is C16H26F3N3O2S. The summed E-state index contributed by atoms with van der Waals surface area (Å²) in [6.45, 7) is 8.26. The number of piperidine rings is 1. The summed E-state index contributed by atoms with van der Waals surface area (Å²) in [6, 6.07) is 0. The van der Waals surface area contributed by atoms with Gasteiger partial charge in [-0.1, -0.05) is 0 Å². The summed E-state index contributed by atoms with van der Waals surface area (Å²) in [7, 11) is -3.26. The molecule has 0 bridgehead atoms. The molecule has 0 radical (unpaired) electrons. The van der Waals surface area contributed by atoms with Crippen molar-refractivity contribution in [2.75, 3.05) is 13.1 Å². The van der Waals surface area contributed by atoms with Crippen molar-refractivity contribution in [1.29, 1.82) is 0 Å². The molecule has 1 fully saturated rings. The van der Waals surface area contributed by atoms with Crippen molar-refractivity contribution in [2.45, 2.75) is 62.4 Å². The number of hydrogen-bond donors (Lipinski definition) is 0. The fraction of sp³-hybridized carbons (Fsp3) is 0.812. The lowest BCUT2D eigenvalue weighted by Gasteiger charge is -2.43. The normalized spacial score (nSPS) is 20.8. The van der Waals surface area contributed by atoms with Crippen molar-refractivity contribution in [3.05, 3.63) is 11.9 Å². The van der Waals surface area contributed by atoms with E-state index in [-0.39, 0.29) is 5.54 Å². The topological polar surface area (TPSA) is 55.2 Å². The van der Waals surface area contributed by atoms with Gasteiger partial charge in [-0.3, -0.25) is 9.58 Å². The maximum atomic E-state index is 15.4. The second kappa shape index (κ2) is 6.57. The molecule has 1 saturated heterocycles. The molecule has 2 rings (SSSR count). The van der Waals surface area contributed by atoms with E-state index >= 15 is 4.39 Å². The van der Waals surface area contributed by atoms with Gasteiger partial charge < -0.3 is 0 Å². The van der Waals surface area contributed by atoms with Crippen molar-refractivity contribution in [1.82, 2.24) is 14.7 Å². The first-order chi connectivity index (χ1) is 11.3. The largest absolute Gasteiger partial charge is 0.298 e. The van der Waals surface area contributed by atoms with Crippen molar-refractivity contribution in [3.8, 4) is 0 Å². The summed E-state index contributed by atoms with van der Waals surface area (Å²) in [6.07, 6.45) is -1.41. The second-order valence-electron chi connectivity index (χ2n) is 7.77. The molecule has 1 atom stereocenters. The minimum atomic E-state index is -4.59. The van der Waals surface area contributed by atoms with E-state index in [0.717, 1.165) is 17.8 Å². The molecular weight excluding hydrogens is 355 g/mol. The van der Waals surface area contributed by atoms with Crippen LogP contribution in [0.2, 0.25) is 0 Å². The molecule has 0 N–H and O–H groups in total. The molecule has 1 unspecified atom stereocenters. The first kappa shape index (κ1) is 20.2. The Balaban J connectivity index is 2.30. The van der Waals surface area contributed by atoms with E-state index in [4.69, 9.17) is 0 Å². The highest BCUT2D eigenvalue weighted by Crippen LogP contribution is 2.42. The quantitative estimate of drug-likeness (QED) is 0.803. The monoisotopic (exact) mass is 381 g/mol. The molecule has 25 heavy (non-hydrogen) atoms. The lowest BCUT2D eigenvalue weighted by Crippen LogP contribution is -2.50. The molecule has 1 aliphatic heterocycles. The van der Waals surface area contributed by atoms with Gasteiger partial charge in [0.2, 0.25) is 14.8 Å². The highest BCUT2D eigenvalue weighted by Gasteiger charge is 2.50. The maximum absolute atomic E-state index is 15.4. The molecule has 1 aromatic heterocycles. The van der Waals surface area contributed by atoms with Gasteiger partial charge in [0.05, 0.1) is 0 Å². The number of nitrogens with zero attached hydrogens (tertiary/aromatic N) is 3. The summed E-state index contributed by atoms with van der Waals surface area (Å²) in [5.41, 5.74) is -0.971. The number of sulfone groups is 1. The van der Waals surface area contributed by atoms with Crippen LogP contribution in [0.5, 0.6) is 0 Å². The molecule has 2 heterocycles. The molecule has 0 amide bonds. The van der Waals surface area contributed by atoms with Crippen LogP contribution in [0.1, 0.15) is 52.7 Å². The molecule has 0 aliphatic carbocycles. The van der Waals surface area contributed by atoms with E-state index in [1.54, 1.807) is 0 Å². The first-order valence-corrected chi connectivity index (χ1v) is 9.77. The number of aryl methyl sites for hydroxylation is 1. The summed E-state index contributed by atoms with van der Waals surface area (Å²) < 4.78 is 68.2. The van der Waals surface area contributed by atoms with Gasteiger partial charge in [-0.25, -0.2) is 21.6 Å². The molecule has 0 aromatic carbocycles. The average Bonchev–Trinajstić information content (AvgIpc) is 2.89. The van der Waals surface area contributed by atoms with Gasteiger partial charge in [-0.05, 0) is 53.6 Å². The number of alkyl halides is 3. The zero-order valence-corrected chi connectivity index (χ0v) is 16.1. The SMILES string of the molecule is Cn1cc(S(=O)(=O)C(C)(F)C2CCN(C(C)(C)C)CC2)c(C(F)F)n1. The van der Waals surface area contributed by atoms with E-state index in [9.17, 15) is 17.2 Å². The van der Waals surface area contributed by atoms with Crippen molar-refractivity contribution < 1.29 is 21.6 Å². The Hall–Kier alpha value is -1.09.